The van der Waals surface area contributed by atoms with Crippen LogP contribution in [0.2, 0.25) is 10.0 Å². The number of ether oxygens (including phenoxy) is 2. The number of rotatable bonds is 5. The Kier molecular flexibility index (Phi) is 5.55. The van der Waals surface area contributed by atoms with E-state index in [1.54, 1.807) is 19.5 Å². The summed E-state index contributed by atoms with van der Waals surface area (Å²) in [6.45, 7) is 0.719. The van der Waals surface area contributed by atoms with Gasteiger partial charge < -0.3 is 9.47 Å². The predicted molar refractivity (Wildman–Crippen MR) is 109 cm³/mol. The van der Waals surface area contributed by atoms with Crippen LogP contribution in [0.15, 0.2) is 29.5 Å². The van der Waals surface area contributed by atoms with Crippen LogP contribution in [0.5, 0.6) is 11.5 Å². The first-order valence-corrected chi connectivity index (χ1v) is 10.1. The fourth-order valence-electron chi connectivity index (χ4n) is 3.90. The van der Waals surface area contributed by atoms with E-state index >= 15 is 0 Å². The van der Waals surface area contributed by atoms with Gasteiger partial charge in [0.2, 0.25) is 0 Å². The highest BCUT2D eigenvalue weighted by Crippen LogP contribution is 2.39. The molecule has 2 heterocycles. The van der Waals surface area contributed by atoms with Crippen LogP contribution in [-0.2, 0) is 12.8 Å². The average molecular weight is 405 g/mol. The largest absolute Gasteiger partial charge is 0.493 e. The summed E-state index contributed by atoms with van der Waals surface area (Å²) in [5.74, 6) is 1.67. The first kappa shape index (κ1) is 18.6. The van der Waals surface area contributed by atoms with Gasteiger partial charge in [-0.15, -0.1) is 0 Å². The topological polar surface area (TPSA) is 43.7 Å². The maximum Gasteiger partial charge on any atom is 0.165 e. The minimum absolute atomic E-state index is 0.275. The molecule has 2 aromatic rings. The molecule has 4 rings (SSSR count). The second-order valence-electron chi connectivity index (χ2n) is 6.98. The fraction of sp³-hybridized carbons (Fsp3) is 0.429. The molecule has 1 fully saturated rings. The number of aliphatic imine (C=N–C) groups is 1. The summed E-state index contributed by atoms with van der Waals surface area (Å²) in [6.07, 6.45) is 9.61. The van der Waals surface area contributed by atoms with Crippen LogP contribution >= 0.6 is 23.2 Å². The van der Waals surface area contributed by atoms with Gasteiger partial charge in [-0.05, 0) is 49.8 Å². The fourth-order valence-corrected chi connectivity index (χ4v) is 4.40. The number of fused-ring (bicyclic) bond motifs is 1. The molecule has 0 bridgehead atoms. The van der Waals surface area contributed by atoms with Crippen molar-refractivity contribution in [3.63, 3.8) is 0 Å². The Bertz CT molecular complexity index is 856. The second-order valence-corrected chi connectivity index (χ2v) is 7.80. The van der Waals surface area contributed by atoms with Gasteiger partial charge in [-0.3, -0.25) is 9.98 Å². The smallest absolute Gasteiger partial charge is 0.165 e. The first-order chi connectivity index (χ1) is 13.2. The third kappa shape index (κ3) is 3.78. The highest BCUT2D eigenvalue weighted by molar-refractivity contribution is 6.36. The molecular formula is C21H22Cl2N2O2. The van der Waals surface area contributed by atoms with Crippen LogP contribution in [0.25, 0.3) is 0 Å². The van der Waals surface area contributed by atoms with Crippen molar-refractivity contribution in [3.8, 4) is 11.5 Å². The van der Waals surface area contributed by atoms with Gasteiger partial charge in [-0.25, -0.2) is 0 Å². The number of pyridine rings is 1. The number of methoxy groups -OCH3 is 1. The van der Waals surface area contributed by atoms with E-state index in [2.05, 4.69) is 11.1 Å². The molecule has 0 saturated heterocycles. The van der Waals surface area contributed by atoms with Gasteiger partial charge in [0.1, 0.15) is 0 Å². The van der Waals surface area contributed by atoms with Crippen LogP contribution in [-0.4, -0.2) is 30.5 Å². The van der Waals surface area contributed by atoms with E-state index in [0.29, 0.717) is 16.5 Å². The Morgan fingerprint density at radius 1 is 1.11 bits per heavy atom. The molecule has 0 spiro atoms. The summed E-state index contributed by atoms with van der Waals surface area (Å²) < 4.78 is 12.0. The minimum Gasteiger partial charge on any atom is -0.493 e. The van der Waals surface area contributed by atoms with Gasteiger partial charge in [-0.2, -0.15) is 0 Å². The lowest BCUT2D eigenvalue weighted by molar-refractivity contribution is 0.198. The highest BCUT2D eigenvalue weighted by atomic mass is 35.5. The maximum absolute atomic E-state index is 6.40. The Labute approximate surface area is 169 Å². The van der Waals surface area contributed by atoms with Crippen molar-refractivity contribution in [2.75, 3.05) is 13.7 Å². The van der Waals surface area contributed by atoms with Crippen molar-refractivity contribution >= 4 is 28.9 Å². The van der Waals surface area contributed by atoms with Gasteiger partial charge in [0.15, 0.2) is 11.5 Å². The molecule has 0 atom stereocenters. The number of halogens is 2. The number of aromatic nitrogens is 1. The molecule has 0 unspecified atom stereocenters. The third-order valence-corrected chi connectivity index (χ3v) is 5.95. The van der Waals surface area contributed by atoms with E-state index in [1.807, 2.05) is 6.07 Å². The van der Waals surface area contributed by atoms with Crippen LogP contribution < -0.4 is 9.47 Å². The number of hydrogen-bond donors (Lipinski definition) is 0. The maximum atomic E-state index is 6.40. The summed E-state index contributed by atoms with van der Waals surface area (Å²) in [7, 11) is 1.69. The molecule has 142 valence electrons. The van der Waals surface area contributed by atoms with Crippen molar-refractivity contribution in [2.24, 2.45) is 4.99 Å². The molecule has 2 aliphatic rings. The molecular weight excluding hydrogens is 383 g/mol. The first-order valence-electron chi connectivity index (χ1n) is 9.35. The Hall–Kier alpha value is -1.78. The van der Waals surface area contributed by atoms with Gasteiger partial charge in [0.25, 0.3) is 0 Å². The Morgan fingerprint density at radius 3 is 2.56 bits per heavy atom. The van der Waals surface area contributed by atoms with Gasteiger partial charge in [-0.1, -0.05) is 23.2 Å². The van der Waals surface area contributed by atoms with Gasteiger partial charge in [0.05, 0.1) is 23.3 Å². The molecule has 27 heavy (non-hydrogen) atoms. The van der Waals surface area contributed by atoms with E-state index in [-0.39, 0.29) is 6.10 Å². The van der Waals surface area contributed by atoms with Gasteiger partial charge >= 0.3 is 0 Å². The monoisotopic (exact) mass is 404 g/mol. The molecule has 1 aliphatic carbocycles. The summed E-state index contributed by atoms with van der Waals surface area (Å²) in [5.41, 5.74) is 4.10. The van der Waals surface area contributed by atoms with Crippen molar-refractivity contribution in [1.29, 1.82) is 0 Å². The molecule has 0 radical (unpaired) electrons. The zero-order chi connectivity index (χ0) is 18.8. The second kappa shape index (κ2) is 8.07. The van der Waals surface area contributed by atoms with Crippen LogP contribution in [0.1, 0.15) is 42.4 Å². The minimum atomic E-state index is 0.275. The van der Waals surface area contributed by atoms with Crippen LogP contribution in [0, 0.1) is 0 Å². The normalized spacial score (nSPS) is 16.8. The molecule has 4 nitrogen and oxygen atoms in total. The summed E-state index contributed by atoms with van der Waals surface area (Å²) in [5, 5.41) is 1.13. The zero-order valence-electron chi connectivity index (χ0n) is 15.3. The van der Waals surface area contributed by atoms with E-state index in [4.69, 9.17) is 37.7 Å². The summed E-state index contributed by atoms with van der Waals surface area (Å²) >= 11 is 12.6. The van der Waals surface area contributed by atoms with Crippen molar-refractivity contribution < 1.29 is 9.47 Å². The molecule has 1 saturated carbocycles. The van der Waals surface area contributed by atoms with Crippen molar-refractivity contribution in [1.82, 2.24) is 4.98 Å². The van der Waals surface area contributed by atoms with E-state index in [9.17, 15) is 0 Å². The van der Waals surface area contributed by atoms with Crippen molar-refractivity contribution in [3.05, 3.63) is 51.3 Å². The predicted octanol–water partition coefficient (Wildman–Crippen LogP) is 5.31. The highest BCUT2D eigenvalue weighted by Gasteiger charge is 2.26. The molecule has 0 N–H and O–H groups in total. The SMILES string of the molecule is COc1ccc2c(c1OC1CCCC1)CCN=C2Cc1c(Cl)cncc1Cl. The lowest BCUT2D eigenvalue weighted by Crippen LogP contribution is -2.19. The molecule has 6 heteroatoms. The molecule has 1 aromatic carbocycles. The van der Waals surface area contributed by atoms with Crippen molar-refractivity contribution in [2.45, 2.75) is 44.6 Å². The molecule has 0 amide bonds. The van der Waals surface area contributed by atoms with Crippen LogP contribution in [0.4, 0.5) is 0 Å². The van der Waals surface area contributed by atoms with E-state index < -0.39 is 0 Å². The third-order valence-electron chi connectivity index (χ3n) is 5.30. The number of benzene rings is 1. The zero-order valence-corrected chi connectivity index (χ0v) is 16.8. The van der Waals surface area contributed by atoms with E-state index in [1.165, 1.54) is 18.4 Å². The molecule has 1 aliphatic heterocycles. The quantitative estimate of drug-likeness (QED) is 0.678. The standard InChI is InChI=1S/C21H22Cl2N2O2/c1-26-20-7-6-14-15(21(20)27-13-4-2-3-5-13)8-9-25-19(14)10-16-17(22)11-24-12-18(16)23/h6-7,11-13H,2-5,8-10H2,1H3. The lowest BCUT2D eigenvalue weighted by atomic mass is 9.92. The Balaban J connectivity index is 1.70. The van der Waals surface area contributed by atoms with Crippen LogP contribution in [0.3, 0.4) is 0 Å². The summed E-state index contributed by atoms with van der Waals surface area (Å²) in [6, 6.07) is 4.04. The number of hydrogen-bond acceptors (Lipinski definition) is 4. The average Bonchev–Trinajstić information content (AvgIpc) is 3.18. The molecule has 1 aromatic heterocycles. The number of nitrogens with zero attached hydrogens (tertiary/aromatic N) is 2. The Morgan fingerprint density at radius 2 is 1.85 bits per heavy atom. The summed E-state index contributed by atoms with van der Waals surface area (Å²) in [4.78, 5) is 8.80. The lowest BCUT2D eigenvalue weighted by Gasteiger charge is -2.24. The van der Waals surface area contributed by atoms with E-state index in [0.717, 1.165) is 54.1 Å². The van der Waals surface area contributed by atoms with Gasteiger partial charge in [0, 0.05) is 42.2 Å².